The van der Waals surface area contributed by atoms with Crippen molar-refractivity contribution in [2.45, 2.75) is 6.61 Å². The number of carbonyl (C=O) groups excluding carboxylic acids is 1. The van der Waals surface area contributed by atoms with Crippen LogP contribution in [0.2, 0.25) is 15.1 Å². The fourth-order valence-electron chi connectivity index (χ4n) is 3.10. The number of anilines is 1. The molecule has 0 unspecified atom stereocenters. The highest BCUT2D eigenvalue weighted by Crippen LogP contribution is 2.39. The molecule has 1 heterocycles. The Morgan fingerprint density at radius 3 is 2.42 bits per heavy atom. The Morgan fingerprint density at radius 1 is 0.970 bits per heavy atom. The van der Waals surface area contributed by atoms with Crippen molar-refractivity contribution in [2.75, 3.05) is 12.0 Å². The second-order valence-corrected chi connectivity index (χ2v) is 9.87. The van der Waals surface area contributed by atoms with Gasteiger partial charge < -0.3 is 9.47 Å². The molecule has 0 aromatic heterocycles. The summed E-state index contributed by atoms with van der Waals surface area (Å²) in [4.78, 5) is 15.0. The number of carbonyl (C=O) groups is 1. The molecule has 0 aliphatic carbocycles. The normalized spacial score (nSPS) is 14.8. The van der Waals surface area contributed by atoms with Crippen molar-refractivity contribution in [3.8, 4) is 11.5 Å². The van der Waals surface area contributed by atoms with Crippen LogP contribution in [0, 0.1) is 0 Å². The van der Waals surface area contributed by atoms with Crippen LogP contribution < -0.4 is 14.4 Å². The van der Waals surface area contributed by atoms with Crippen molar-refractivity contribution in [2.24, 2.45) is 0 Å². The van der Waals surface area contributed by atoms with Crippen LogP contribution in [0.1, 0.15) is 11.1 Å². The maximum atomic E-state index is 13.0. The summed E-state index contributed by atoms with van der Waals surface area (Å²) in [6, 6.07) is 17.9. The predicted molar refractivity (Wildman–Crippen MR) is 141 cm³/mol. The van der Waals surface area contributed by atoms with Gasteiger partial charge >= 0.3 is 0 Å². The first-order chi connectivity index (χ1) is 15.9. The van der Waals surface area contributed by atoms with E-state index in [1.807, 2.05) is 36.4 Å². The summed E-state index contributed by atoms with van der Waals surface area (Å²) in [6.45, 7) is 0.370. The number of nitrogens with zero attached hydrogens (tertiary/aromatic N) is 1. The van der Waals surface area contributed by atoms with E-state index in [2.05, 4.69) is 0 Å². The van der Waals surface area contributed by atoms with Crippen molar-refractivity contribution in [1.82, 2.24) is 0 Å². The molecule has 9 heteroatoms. The molecule has 1 aliphatic rings. The third-order valence-electron chi connectivity index (χ3n) is 4.75. The van der Waals surface area contributed by atoms with Gasteiger partial charge in [-0.2, -0.15) is 0 Å². The molecule has 0 radical (unpaired) electrons. The van der Waals surface area contributed by atoms with Crippen molar-refractivity contribution in [3.63, 3.8) is 0 Å². The molecule has 33 heavy (non-hydrogen) atoms. The molecule has 4 nitrogen and oxygen atoms in total. The van der Waals surface area contributed by atoms with E-state index in [9.17, 15) is 4.79 Å². The monoisotopic (exact) mass is 535 g/mol. The highest BCUT2D eigenvalue weighted by Gasteiger charge is 2.33. The van der Waals surface area contributed by atoms with E-state index in [0.717, 1.165) is 11.1 Å². The van der Waals surface area contributed by atoms with Gasteiger partial charge in [0, 0.05) is 5.02 Å². The van der Waals surface area contributed by atoms with Gasteiger partial charge in [0.25, 0.3) is 5.91 Å². The first-order valence-electron chi connectivity index (χ1n) is 9.64. The number of rotatable bonds is 6. The van der Waals surface area contributed by atoms with E-state index in [-0.39, 0.29) is 5.91 Å². The average molecular weight is 537 g/mol. The molecule has 1 aliphatic heterocycles. The number of thioether (sulfide) groups is 1. The number of methoxy groups -OCH3 is 1. The van der Waals surface area contributed by atoms with Gasteiger partial charge in [-0.15, -0.1) is 0 Å². The Bertz CT molecular complexity index is 1260. The van der Waals surface area contributed by atoms with Gasteiger partial charge in [0.1, 0.15) is 6.61 Å². The van der Waals surface area contributed by atoms with Crippen LogP contribution in [0.5, 0.6) is 11.5 Å². The van der Waals surface area contributed by atoms with E-state index in [4.69, 9.17) is 56.5 Å². The van der Waals surface area contributed by atoms with E-state index in [1.54, 1.807) is 37.5 Å². The Labute approximate surface area is 216 Å². The Balaban J connectivity index is 1.53. The molecule has 0 spiro atoms. The number of hydrogen-bond donors (Lipinski definition) is 0. The molecule has 1 fully saturated rings. The number of ether oxygens (including phenoxy) is 2. The van der Waals surface area contributed by atoms with Gasteiger partial charge in [-0.05, 0) is 59.7 Å². The summed E-state index contributed by atoms with van der Waals surface area (Å²) in [5, 5.41) is 1.43. The maximum Gasteiger partial charge on any atom is 0.270 e. The van der Waals surface area contributed by atoms with Gasteiger partial charge in [0.2, 0.25) is 0 Å². The largest absolute Gasteiger partial charge is 0.493 e. The third-order valence-corrected chi connectivity index (χ3v) is 7.04. The summed E-state index contributed by atoms with van der Waals surface area (Å²) >= 11 is 24.7. The summed E-state index contributed by atoms with van der Waals surface area (Å²) in [6.07, 6.45) is 1.77. The standard InChI is InChI=1S/C24H16Cl3NO3S2/c1-30-21-10-15(4-9-20(21)31-13-14-2-5-16(25)6-3-14)11-22-23(29)28(24(32)33-22)17-7-8-18(26)19(27)12-17/h2-12H,13H2,1H3/b22-11-. The van der Waals surface area contributed by atoms with Crippen molar-refractivity contribution in [1.29, 1.82) is 0 Å². The second kappa shape index (κ2) is 10.4. The number of benzene rings is 3. The Hall–Kier alpha value is -2.22. The van der Waals surface area contributed by atoms with Crippen molar-refractivity contribution in [3.05, 3.63) is 91.8 Å². The smallest absolute Gasteiger partial charge is 0.270 e. The third kappa shape index (κ3) is 5.48. The lowest BCUT2D eigenvalue weighted by atomic mass is 10.1. The van der Waals surface area contributed by atoms with Crippen LogP contribution in [0.25, 0.3) is 6.08 Å². The first kappa shape index (κ1) is 23.9. The molecule has 1 amide bonds. The summed E-state index contributed by atoms with van der Waals surface area (Å²) < 4.78 is 11.8. The van der Waals surface area contributed by atoms with Crippen LogP contribution in [-0.2, 0) is 11.4 Å². The molecule has 0 saturated carbocycles. The van der Waals surface area contributed by atoms with Gasteiger partial charge in [-0.25, -0.2) is 0 Å². The van der Waals surface area contributed by atoms with Crippen LogP contribution in [0.3, 0.4) is 0 Å². The quantitative estimate of drug-likeness (QED) is 0.239. The molecule has 168 valence electrons. The summed E-state index contributed by atoms with van der Waals surface area (Å²) in [5.41, 5.74) is 2.33. The van der Waals surface area contributed by atoms with E-state index >= 15 is 0 Å². The summed E-state index contributed by atoms with van der Waals surface area (Å²) in [5.74, 6) is 0.913. The minimum atomic E-state index is -0.231. The molecule has 1 saturated heterocycles. The molecule has 0 N–H and O–H groups in total. The topological polar surface area (TPSA) is 38.8 Å². The van der Waals surface area contributed by atoms with E-state index in [1.165, 1.54) is 16.7 Å². The van der Waals surface area contributed by atoms with Crippen LogP contribution >= 0.6 is 58.8 Å². The zero-order valence-corrected chi connectivity index (χ0v) is 21.1. The number of amides is 1. The van der Waals surface area contributed by atoms with E-state index in [0.29, 0.717) is 48.1 Å². The predicted octanol–water partition coefficient (Wildman–Crippen LogP) is 7.64. The SMILES string of the molecule is COc1cc(/C=C2\SC(=S)N(c3ccc(Cl)c(Cl)c3)C2=O)ccc1OCc1ccc(Cl)cc1. The maximum absolute atomic E-state index is 13.0. The van der Waals surface area contributed by atoms with E-state index < -0.39 is 0 Å². The molecule has 0 bridgehead atoms. The minimum Gasteiger partial charge on any atom is -0.493 e. The Morgan fingerprint density at radius 2 is 1.73 bits per heavy atom. The lowest BCUT2D eigenvalue weighted by molar-refractivity contribution is -0.113. The molecule has 0 atom stereocenters. The number of thiocarbonyl (C=S) groups is 1. The molecular formula is C24H16Cl3NO3S2. The lowest BCUT2D eigenvalue weighted by Gasteiger charge is -2.15. The zero-order chi connectivity index (χ0) is 23.5. The van der Waals surface area contributed by atoms with Gasteiger partial charge in [-0.3, -0.25) is 9.69 Å². The second-order valence-electron chi connectivity index (χ2n) is 6.94. The van der Waals surface area contributed by atoms with Gasteiger partial charge in [-0.1, -0.05) is 77.0 Å². The average Bonchev–Trinajstić information content (AvgIpc) is 3.08. The lowest BCUT2D eigenvalue weighted by Crippen LogP contribution is -2.27. The number of hydrogen-bond acceptors (Lipinski definition) is 5. The highest BCUT2D eigenvalue weighted by atomic mass is 35.5. The highest BCUT2D eigenvalue weighted by molar-refractivity contribution is 8.27. The molecule has 3 aromatic carbocycles. The zero-order valence-electron chi connectivity index (χ0n) is 17.2. The molecule has 3 aromatic rings. The molecular weight excluding hydrogens is 521 g/mol. The first-order valence-corrected chi connectivity index (χ1v) is 12.0. The van der Waals surface area contributed by atoms with Gasteiger partial charge in [0.05, 0.1) is 27.7 Å². The molecule has 4 rings (SSSR count). The van der Waals surface area contributed by atoms with Crippen molar-refractivity contribution < 1.29 is 14.3 Å². The van der Waals surface area contributed by atoms with Crippen LogP contribution in [0.15, 0.2) is 65.6 Å². The van der Waals surface area contributed by atoms with Gasteiger partial charge in [0.15, 0.2) is 15.8 Å². The van der Waals surface area contributed by atoms with Crippen molar-refractivity contribution >= 4 is 80.8 Å². The Kier molecular flexibility index (Phi) is 7.51. The van der Waals surface area contributed by atoms with Crippen LogP contribution in [-0.4, -0.2) is 17.3 Å². The summed E-state index contributed by atoms with van der Waals surface area (Å²) in [7, 11) is 1.57. The minimum absolute atomic E-state index is 0.231. The fraction of sp³-hybridized carbons (Fsp3) is 0.0833. The fourth-order valence-corrected chi connectivity index (χ4v) is 4.82. The van der Waals surface area contributed by atoms with Crippen LogP contribution in [0.4, 0.5) is 5.69 Å². The number of halogens is 3.